The van der Waals surface area contributed by atoms with Crippen LogP contribution in [0.5, 0.6) is 28.7 Å². The van der Waals surface area contributed by atoms with Gasteiger partial charge in [-0.1, -0.05) is 80.6 Å². The van der Waals surface area contributed by atoms with Crippen molar-refractivity contribution >= 4 is 87.3 Å². The first-order chi connectivity index (χ1) is 51.1. The van der Waals surface area contributed by atoms with E-state index in [2.05, 4.69) is 42.9 Å². The second-order valence-corrected chi connectivity index (χ2v) is 27.8. The molecule has 6 heterocycles. The molecule has 29 heteroatoms. The molecule has 0 bridgehead atoms. The first kappa shape index (κ1) is 72.6. The second kappa shape index (κ2) is 30.9. The highest BCUT2D eigenvalue weighted by Gasteiger charge is 2.58. The first-order valence-corrected chi connectivity index (χ1v) is 35.4. The number of hydrazine groups is 2. The summed E-state index contributed by atoms with van der Waals surface area (Å²) >= 11 is 0. The molecule has 1 aliphatic carbocycles. The molecule has 6 aromatic rings. The van der Waals surface area contributed by atoms with E-state index in [0.29, 0.717) is 72.0 Å². The van der Waals surface area contributed by atoms with Crippen LogP contribution in [-0.4, -0.2) is 165 Å². The minimum absolute atomic E-state index is 0.0488. The zero-order valence-corrected chi connectivity index (χ0v) is 60.2. The van der Waals surface area contributed by atoms with Crippen molar-refractivity contribution in [1.29, 1.82) is 0 Å². The van der Waals surface area contributed by atoms with E-state index in [4.69, 9.17) is 33.3 Å². The fourth-order valence-electron chi connectivity index (χ4n) is 14.1. The molecule has 0 aromatic heterocycles. The van der Waals surface area contributed by atoms with E-state index in [-0.39, 0.29) is 78.4 Å². The summed E-state index contributed by atoms with van der Waals surface area (Å²) < 4.78 is 35.3. The predicted octanol–water partition coefficient (Wildman–Crippen LogP) is 7.63. The van der Waals surface area contributed by atoms with E-state index in [1.807, 2.05) is 97.9 Å². The van der Waals surface area contributed by atoms with Gasteiger partial charge in [-0.15, -0.1) is 5.53 Å². The summed E-state index contributed by atoms with van der Waals surface area (Å²) in [5.41, 5.74) is 15.5. The standard InChI is InChI=1S/C77H87N13O16/c1-43(2)67(83-66(92)38-79-65(91)37-80-75(98)106-88-40-48-14-9-10-15-53(48)68-69(90(44(3)4)85-84-68)54-16-11-12-17-58(54)88)71(94)81-45(5)70(93)82-50-22-18-46(19-23-50)41-105-76(99)89-59-34-64(62(102-8)32-56(59)73(96)87-42-77(26-27-77)35-60(87)74(89)97)104-29-13-28-103-63-33-57-55(31-61(63)101-7)72(95)86-39-49(30-51(86)36-78-57)47-20-24-52(100-6)25-21-47/h9-12,14-25,31-34,39,43-45,51,60,67,74,78,84-85,97H,13,26-30,35-38,40-42H2,1-8H3,(H,79,91)(H,80,98)(H,81,94)(H,82,93)(H,83,92)/t45-,51-,60-,67-,74-/m0/s1. The van der Waals surface area contributed by atoms with Crippen LogP contribution >= 0.6 is 0 Å². The Balaban J connectivity index is 0.581. The molecule has 6 aromatic carbocycles. The molecule has 1 spiro atoms. The molecule has 29 nitrogen and oxygen atoms in total. The maximum absolute atomic E-state index is 14.5. The van der Waals surface area contributed by atoms with Gasteiger partial charge in [0, 0.05) is 60.7 Å². The summed E-state index contributed by atoms with van der Waals surface area (Å²) in [6, 6.07) is 32.9. The van der Waals surface area contributed by atoms with Crippen molar-refractivity contribution in [3.63, 3.8) is 0 Å². The second-order valence-electron chi connectivity index (χ2n) is 27.8. The van der Waals surface area contributed by atoms with E-state index in [9.17, 15) is 43.5 Å². The number of hydrogen-bond donors (Lipinski definition) is 9. The fourth-order valence-corrected chi connectivity index (χ4v) is 14.1. The first-order valence-electron chi connectivity index (χ1n) is 35.4. The third kappa shape index (κ3) is 15.3. The van der Waals surface area contributed by atoms with Crippen molar-refractivity contribution in [2.24, 2.45) is 11.3 Å². The van der Waals surface area contributed by atoms with Crippen molar-refractivity contribution in [2.45, 2.75) is 116 Å². The van der Waals surface area contributed by atoms with E-state index in [1.165, 1.54) is 38.3 Å². The Labute approximate surface area is 612 Å². The number of fused-ring (bicyclic) bond motifs is 8. The lowest BCUT2D eigenvalue weighted by molar-refractivity contribution is -0.132. The van der Waals surface area contributed by atoms with Crippen LogP contribution in [-0.2, 0) is 41.9 Å². The summed E-state index contributed by atoms with van der Waals surface area (Å²) in [5.74, 6) is -1.69. The number of carbonyl (C=O) groups excluding carboxylic acids is 8. The van der Waals surface area contributed by atoms with Gasteiger partial charge in [-0.25, -0.2) is 14.5 Å². The van der Waals surface area contributed by atoms with Crippen molar-refractivity contribution in [3.8, 4) is 28.7 Å². The number of benzene rings is 6. The highest BCUT2D eigenvalue weighted by Crippen LogP contribution is 2.57. The van der Waals surface area contributed by atoms with Crippen LogP contribution in [0.1, 0.15) is 115 Å². The number of aliphatic hydroxyl groups is 1. The number of ether oxygens (including phenoxy) is 6. The number of hydroxylamine groups is 1. The van der Waals surface area contributed by atoms with Gasteiger partial charge in [0.15, 0.2) is 29.2 Å². The molecule has 2 fully saturated rings. The monoisotopic (exact) mass is 1450 g/mol. The molecule has 0 radical (unpaired) electrons. The average molecular weight is 1450 g/mol. The van der Waals surface area contributed by atoms with Crippen LogP contribution in [0.15, 0.2) is 128 Å². The molecule has 6 aliphatic heterocycles. The third-order valence-electron chi connectivity index (χ3n) is 20.0. The molecule has 1 saturated carbocycles. The van der Waals surface area contributed by atoms with Gasteiger partial charge in [0.05, 0.1) is 99.3 Å². The number of nitrogens with one attached hydrogen (secondary N) is 8. The van der Waals surface area contributed by atoms with Crippen LogP contribution in [0.4, 0.5) is 32.3 Å². The number of carbonyl (C=O) groups is 8. The van der Waals surface area contributed by atoms with E-state index in [0.717, 1.165) is 62.7 Å². The number of nitrogens with zero attached hydrogens (tertiary/aromatic N) is 5. The maximum atomic E-state index is 14.5. The zero-order chi connectivity index (χ0) is 74.7. The Morgan fingerprint density at radius 2 is 1.39 bits per heavy atom. The molecule has 1 saturated heterocycles. The third-order valence-corrected chi connectivity index (χ3v) is 20.0. The highest BCUT2D eigenvalue weighted by atomic mass is 16.7. The summed E-state index contributed by atoms with van der Waals surface area (Å²) in [6.45, 7) is 9.00. The molecule has 8 amide bonds. The number of para-hydroxylation sites is 1. The SMILES string of the molecule is COc1ccc(C2=CN3C(=O)c4cc(OC)c(OCCCOc5cc6c(cc5OC)C(=O)N5CC7(CC7)C[C@H]5[C@H](O)N6C(=O)OCc5ccc(NC(=O)[C@H](C)NC(=O)[C@@H](NC(=O)CNC(=O)CNC(=O)ON6Cc7ccccc7C7=C(c8ccccc86)N(C(C)C)NN7)C(C)C)cc5)cc4NC[C@@H]3C2)cc1. The van der Waals surface area contributed by atoms with E-state index in [1.54, 1.807) is 67.2 Å². The van der Waals surface area contributed by atoms with Crippen molar-refractivity contribution in [3.05, 3.63) is 166 Å². The van der Waals surface area contributed by atoms with Crippen molar-refractivity contribution in [2.75, 3.05) is 81.3 Å². The molecule has 9 N–H and O–H groups in total. The number of anilines is 4. The van der Waals surface area contributed by atoms with Gasteiger partial charge in [0.2, 0.25) is 23.6 Å². The topological polar surface area (TPSA) is 334 Å². The lowest BCUT2D eigenvalue weighted by Crippen LogP contribution is -2.55. The molecule has 5 atom stereocenters. The lowest BCUT2D eigenvalue weighted by Gasteiger charge is -2.31. The van der Waals surface area contributed by atoms with Crippen LogP contribution < -0.4 is 76.5 Å². The fraction of sp³-hybridized carbons (Fsp3) is 0.377. The smallest absolute Gasteiger partial charge is 0.432 e. The molecule has 106 heavy (non-hydrogen) atoms. The van der Waals surface area contributed by atoms with Crippen LogP contribution in [0.25, 0.3) is 17.0 Å². The summed E-state index contributed by atoms with van der Waals surface area (Å²) in [5, 5.41) is 32.1. The molecular formula is C77H87N13O16. The summed E-state index contributed by atoms with van der Waals surface area (Å²) in [7, 11) is 4.57. The Morgan fingerprint density at radius 3 is 2.08 bits per heavy atom. The van der Waals surface area contributed by atoms with E-state index >= 15 is 0 Å². The number of rotatable bonds is 24. The lowest BCUT2D eigenvalue weighted by atomic mass is 9.96. The molecule has 13 rings (SSSR count). The Morgan fingerprint density at radius 1 is 0.698 bits per heavy atom. The normalized spacial score (nSPS) is 18.4. The van der Waals surface area contributed by atoms with Gasteiger partial charge in [-0.05, 0) is 123 Å². The maximum Gasteiger partial charge on any atom is 0.432 e. The molecule has 0 unspecified atom stereocenters. The Hall–Kier alpha value is -11.7. The van der Waals surface area contributed by atoms with Gasteiger partial charge >= 0.3 is 12.2 Å². The van der Waals surface area contributed by atoms with E-state index < -0.39 is 79.2 Å². The predicted molar refractivity (Wildman–Crippen MR) is 391 cm³/mol. The minimum Gasteiger partial charge on any atom is -0.497 e. The largest absolute Gasteiger partial charge is 0.497 e. The van der Waals surface area contributed by atoms with Gasteiger partial charge in [-0.2, -0.15) is 5.06 Å². The number of aliphatic hydroxyl groups excluding tert-OH is 1. The summed E-state index contributed by atoms with van der Waals surface area (Å²) in [4.78, 5) is 120. The average Bonchev–Trinajstić information content (AvgIpc) is 1.56. The minimum atomic E-state index is -1.50. The van der Waals surface area contributed by atoms with Crippen molar-refractivity contribution in [1.82, 2.24) is 47.0 Å². The van der Waals surface area contributed by atoms with Crippen molar-refractivity contribution < 1.29 is 76.7 Å². The molecular weight excluding hydrogens is 1360 g/mol. The number of methoxy groups -OCH3 is 3. The van der Waals surface area contributed by atoms with Gasteiger partial charge in [0.25, 0.3) is 11.8 Å². The zero-order valence-electron chi connectivity index (χ0n) is 60.2. The number of hydrogen-bond acceptors (Lipinski definition) is 21. The van der Waals surface area contributed by atoms with Gasteiger partial charge < -0.3 is 85.5 Å². The Bertz CT molecular complexity index is 4470. The molecule has 7 aliphatic rings. The van der Waals surface area contributed by atoms with Crippen LogP contribution in [0.2, 0.25) is 0 Å². The highest BCUT2D eigenvalue weighted by molar-refractivity contribution is 6.07. The Kier molecular flexibility index (Phi) is 21.2. The quantitative estimate of drug-likeness (QED) is 0.0263. The van der Waals surface area contributed by atoms with Gasteiger partial charge in [-0.3, -0.25) is 33.8 Å². The van der Waals surface area contributed by atoms with Crippen LogP contribution in [0.3, 0.4) is 0 Å². The number of amides is 8. The summed E-state index contributed by atoms with van der Waals surface area (Å²) in [6.07, 6.45) is 1.84. The molecule has 556 valence electrons. The van der Waals surface area contributed by atoms with Crippen LogP contribution in [0, 0.1) is 11.3 Å². The van der Waals surface area contributed by atoms with Gasteiger partial charge in [0.1, 0.15) is 31.0 Å².